The van der Waals surface area contributed by atoms with Gasteiger partial charge in [-0.3, -0.25) is 9.89 Å². The SMILES string of the molecule is CC1CCN(C(N)=NCC(C)N2CCc3ccccc3C2)CC1. The third-order valence-corrected chi connectivity index (χ3v) is 5.41. The van der Waals surface area contributed by atoms with E-state index >= 15 is 0 Å². The highest BCUT2D eigenvalue weighted by Crippen LogP contribution is 2.20. The zero-order valence-corrected chi connectivity index (χ0v) is 14.5. The summed E-state index contributed by atoms with van der Waals surface area (Å²) in [6.07, 6.45) is 3.60. The van der Waals surface area contributed by atoms with Gasteiger partial charge in [0.2, 0.25) is 0 Å². The Morgan fingerprint density at radius 1 is 1.22 bits per heavy atom. The molecule has 3 rings (SSSR count). The van der Waals surface area contributed by atoms with Gasteiger partial charge in [-0.15, -0.1) is 0 Å². The molecular weight excluding hydrogens is 284 g/mol. The first kappa shape index (κ1) is 16.3. The van der Waals surface area contributed by atoms with Gasteiger partial charge in [-0.2, -0.15) is 0 Å². The minimum atomic E-state index is 0.436. The van der Waals surface area contributed by atoms with E-state index in [0.717, 1.165) is 51.0 Å². The quantitative estimate of drug-likeness (QED) is 0.688. The predicted octanol–water partition coefficient (Wildman–Crippen LogP) is 2.48. The third kappa shape index (κ3) is 4.05. The Kier molecular flexibility index (Phi) is 5.21. The van der Waals surface area contributed by atoms with Crippen LogP contribution in [0.3, 0.4) is 0 Å². The minimum Gasteiger partial charge on any atom is -0.370 e. The Bertz CT molecular complexity index is 546. The Hall–Kier alpha value is -1.55. The van der Waals surface area contributed by atoms with Crippen molar-refractivity contribution in [3.8, 4) is 0 Å². The van der Waals surface area contributed by atoms with Crippen LogP contribution < -0.4 is 5.73 Å². The highest BCUT2D eigenvalue weighted by atomic mass is 15.3. The van der Waals surface area contributed by atoms with Crippen molar-refractivity contribution < 1.29 is 0 Å². The number of likely N-dealkylation sites (tertiary alicyclic amines) is 1. The lowest BCUT2D eigenvalue weighted by molar-refractivity contribution is 0.195. The summed E-state index contributed by atoms with van der Waals surface area (Å²) in [4.78, 5) is 9.46. The number of piperidine rings is 1. The topological polar surface area (TPSA) is 44.9 Å². The number of nitrogens with two attached hydrogens (primary N) is 1. The number of benzene rings is 1. The Labute approximate surface area is 140 Å². The molecule has 4 heteroatoms. The summed E-state index contributed by atoms with van der Waals surface area (Å²) in [5.74, 6) is 1.56. The largest absolute Gasteiger partial charge is 0.370 e. The molecule has 0 spiro atoms. The van der Waals surface area contributed by atoms with Crippen molar-refractivity contribution in [1.82, 2.24) is 9.80 Å². The minimum absolute atomic E-state index is 0.436. The first-order valence-corrected chi connectivity index (χ1v) is 8.99. The second-order valence-corrected chi connectivity index (χ2v) is 7.21. The highest BCUT2D eigenvalue weighted by Gasteiger charge is 2.21. The van der Waals surface area contributed by atoms with Crippen molar-refractivity contribution >= 4 is 5.96 Å². The Balaban J connectivity index is 1.53. The van der Waals surface area contributed by atoms with Gasteiger partial charge in [0, 0.05) is 32.2 Å². The first-order chi connectivity index (χ1) is 11.1. The van der Waals surface area contributed by atoms with Crippen molar-refractivity contribution in [1.29, 1.82) is 0 Å². The second kappa shape index (κ2) is 7.35. The molecule has 1 saturated heterocycles. The van der Waals surface area contributed by atoms with E-state index in [0.29, 0.717) is 6.04 Å². The van der Waals surface area contributed by atoms with Crippen LogP contribution in [-0.4, -0.2) is 48.0 Å². The smallest absolute Gasteiger partial charge is 0.191 e. The van der Waals surface area contributed by atoms with E-state index in [1.165, 1.54) is 24.0 Å². The van der Waals surface area contributed by atoms with Gasteiger partial charge in [0.25, 0.3) is 0 Å². The summed E-state index contributed by atoms with van der Waals surface area (Å²) >= 11 is 0. The molecule has 0 bridgehead atoms. The van der Waals surface area contributed by atoms with E-state index < -0.39 is 0 Å². The molecule has 2 heterocycles. The zero-order chi connectivity index (χ0) is 16.2. The number of aliphatic imine (C=N–C) groups is 1. The molecule has 0 amide bonds. The average Bonchev–Trinajstić information content (AvgIpc) is 2.59. The van der Waals surface area contributed by atoms with Gasteiger partial charge >= 0.3 is 0 Å². The summed E-state index contributed by atoms with van der Waals surface area (Å²) in [6, 6.07) is 9.22. The number of nitrogens with zero attached hydrogens (tertiary/aromatic N) is 3. The lowest BCUT2D eigenvalue weighted by Crippen LogP contribution is -2.44. The Morgan fingerprint density at radius 3 is 2.65 bits per heavy atom. The van der Waals surface area contributed by atoms with Crippen LogP contribution in [0, 0.1) is 5.92 Å². The molecule has 23 heavy (non-hydrogen) atoms. The maximum absolute atomic E-state index is 6.21. The number of guanidine groups is 1. The molecule has 4 nitrogen and oxygen atoms in total. The number of rotatable bonds is 3. The van der Waals surface area contributed by atoms with Crippen LogP contribution >= 0.6 is 0 Å². The van der Waals surface area contributed by atoms with E-state index in [2.05, 4.69) is 52.9 Å². The van der Waals surface area contributed by atoms with Crippen LogP contribution in [0.4, 0.5) is 0 Å². The normalized spacial score (nSPS) is 22.0. The Morgan fingerprint density at radius 2 is 1.91 bits per heavy atom. The molecule has 0 saturated carbocycles. The van der Waals surface area contributed by atoms with Crippen molar-refractivity contribution in [2.45, 2.75) is 45.7 Å². The second-order valence-electron chi connectivity index (χ2n) is 7.21. The van der Waals surface area contributed by atoms with Gasteiger partial charge < -0.3 is 10.6 Å². The van der Waals surface area contributed by atoms with Crippen LogP contribution in [0.1, 0.15) is 37.8 Å². The molecule has 2 aliphatic rings. The molecule has 0 aliphatic carbocycles. The van der Waals surface area contributed by atoms with Gasteiger partial charge in [-0.1, -0.05) is 31.2 Å². The molecule has 2 aliphatic heterocycles. The van der Waals surface area contributed by atoms with Crippen LogP contribution in [0.25, 0.3) is 0 Å². The molecule has 1 atom stereocenters. The predicted molar refractivity (Wildman–Crippen MR) is 96.5 cm³/mol. The highest BCUT2D eigenvalue weighted by molar-refractivity contribution is 5.78. The number of fused-ring (bicyclic) bond motifs is 1. The maximum Gasteiger partial charge on any atom is 0.191 e. The molecule has 1 aromatic rings. The maximum atomic E-state index is 6.21. The summed E-state index contributed by atoms with van der Waals surface area (Å²) in [5, 5.41) is 0. The summed E-state index contributed by atoms with van der Waals surface area (Å²) in [5.41, 5.74) is 9.17. The molecule has 0 radical (unpaired) electrons. The molecule has 1 aromatic carbocycles. The fourth-order valence-electron chi connectivity index (χ4n) is 3.57. The molecular formula is C19H30N4. The zero-order valence-electron chi connectivity index (χ0n) is 14.5. The van der Waals surface area contributed by atoms with E-state index in [-0.39, 0.29) is 0 Å². The van der Waals surface area contributed by atoms with E-state index in [1.807, 2.05) is 0 Å². The molecule has 126 valence electrons. The monoisotopic (exact) mass is 314 g/mol. The first-order valence-electron chi connectivity index (χ1n) is 8.99. The van der Waals surface area contributed by atoms with Gasteiger partial charge in [-0.25, -0.2) is 0 Å². The molecule has 1 unspecified atom stereocenters. The van der Waals surface area contributed by atoms with Crippen LogP contribution in [0.5, 0.6) is 0 Å². The van der Waals surface area contributed by atoms with Crippen LogP contribution in [0.15, 0.2) is 29.3 Å². The third-order valence-electron chi connectivity index (χ3n) is 5.41. The fraction of sp³-hybridized carbons (Fsp3) is 0.632. The van der Waals surface area contributed by atoms with Gasteiger partial charge in [0.15, 0.2) is 5.96 Å². The van der Waals surface area contributed by atoms with Crippen molar-refractivity contribution in [3.63, 3.8) is 0 Å². The number of hydrogen-bond acceptors (Lipinski definition) is 2. The molecule has 1 fully saturated rings. The molecule has 2 N–H and O–H groups in total. The van der Waals surface area contributed by atoms with Crippen molar-refractivity contribution in [2.75, 3.05) is 26.2 Å². The lowest BCUT2D eigenvalue weighted by atomic mass is 9.99. The van der Waals surface area contributed by atoms with E-state index in [9.17, 15) is 0 Å². The van der Waals surface area contributed by atoms with E-state index in [1.54, 1.807) is 0 Å². The standard InChI is InChI=1S/C19H30N4/c1-15-7-10-22(11-8-15)19(20)21-13-16(2)23-12-9-17-5-3-4-6-18(17)14-23/h3-6,15-16H,7-14H2,1-2H3,(H2,20,21). The van der Waals surface area contributed by atoms with Crippen LogP contribution in [0.2, 0.25) is 0 Å². The van der Waals surface area contributed by atoms with E-state index in [4.69, 9.17) is 5.73 Å². The van der Waals surface area contributed by atoms with Crippen molar-refractivity contribution in [3.05, 3.63) is 35.4 Å². The fourth-order valence-corrected chi connectivity index (χ4v) is 3.57. The number of hydrogen-bond donors (Lipinski definition) is 1. The summed E-state index contributed by atoms with van der Waals surface area (Å²) < 4.78 is 0. The average molecular weight is 314 g/mol. The van der Waals surface area contributed by atoms with Gasteiger partial charge in [0.1, 0.15) is 0 Å². The summed E-state index contributed by atoms with van der Waals surface area (Å²) in [7, 11) is 0. The molecule has 0 aromatic heterocycles. The van der Waals surface area contributed by atoms with Crippen molar-refractivity contribution in [2.24, 2.45) is 16.6 Å². The summed E-state index contributed by atoms with van der Waals surface area (Å²) in [6.45, 7) is 9.65. The van der Waals surface area contributed by atoms with Gasteiger partial charge in [0.05, 0.1) is 6.54 Å². The van der Waals surface area contributed by atoms with Gasteiger partial charge in [-0.05, 0) is 43.2 Å². The lowest BCUT2D eigenvalue weighted by Gasteiger charge is -2.34. The van der Waals surface area contributed by atoms with Crippen LogP contribution in [-0.2, 0) is 13.0 Å².